The van der Waals surface area contributed by atoms with E-state index in [-0.39, 0.29) is 22.9 Å². The van der Waals surface area contributed by atoms with Crippen LogP contribution in [0.1, 0.15) is 29.4 Å². The van der Waals surface area contributed by atoms with E-state index in [1.165, 1.54) is 19.2 Å². The van der Waals surface area contributed by atoms with Gasteiger partial charge in [0.2, 0.25) is 0 Å². The first-order valence-electron chi connectivity index (χ1n) is 11.2. The molecule has 6 nitrogen and oxygen atoms in total. The summed E-state index contributed by atoms with van der Waals surface area (Å²) in [4.78, 5) is 27.8. The number of hydrogen-bond acceptors (Lipinski definition) is 4. The van der Waals surface area contributed by atoms with Gasteiger partial charge in [0.15, 0.2) is 0 Å². The molecule has 4 rings (SSSR count). The number of carbonyl (C=O) groups excluding carboxylic acids is 2. The number of nitrogens with zero attached hydrogens (tertiary/aromatic N) is 2. The van der Waals surface area contributed by atoms with Gasteiger partial charge in [-0.05, 0) is 80.4 Å². The minimum atomic E-state index is -0.563. The third kappa shape index (κ3) is 4.49. The Morgan fingerprint density at radius 1 is 1.00 bits per heavy atom. The molecule has 0 atom stereocenters. The Kier molecular flexibility index (Phi) is 6.60. The highest BCUT2D eigenvalue weighted by atomic mass is 19.1. The Morgan fingerprint density at radius 3 is 2.26 bits per heavy atom. The molecule has 3 aromatic rings. The van der Waals surface area contributed by atoms with E-state index in [1.54, 1.807) is 37.1 Å². The van der Waals surface area contributed by atoms with Gasteiger partial charge in [-0.2, -0.15) is 0 Å². The number of carbonyl (C=O) groups is 2. The predicted molar refractivity (Wildman–Crippen MR) is 131 cm³/mol. The number of benzene rings is 2. The lowest BCUT2D eigenvalue weighted by atomic mass is 10.0. The van der Waals surface area contributed by atoms with Gasteiger partial charge in [0.25, 0.3) is 5.91 Å². The summed E-state index contributed by atoms with van der Waals surface area (Å²) in [5.41, 5.74) is 5.35. The van der Waals surface area contributed by atoms with Crippen molar-refractivity contribution in [1.29, 1.82) is 0 Å². The molecule has 2 aromatic carbocycles. The highest BCUT2D eigenvalue weighted by molar-refractivity contribution is 6.16. The monoisotopic (exact) mass is 474 g/mol. The number of rotatable bonds is 6. The van der Waals surface area contributed by atoms with Gasteiger partial charge < -0.3 is 18.9 Å². The molecule has 180 valence electrons. The zero-order valence-electron chi connectivity index (χ0n) is 20.4. The van der Waals surface area contributed by atoms with Crippen LogP contribution in [0, 0.1) is 19.7 Å². The standard InChI is InChI=1S/C28H27FN2O4/c1-17-14-21(18(2)31(17)23-10-8-22(29)9-11-23)15-25-26(28(33)35-5)19(3)30(27(25)32)16-20-6-12-24(34-4)13-7-20/h6-15H,16H2,1-5H3. The number of methoxy groups -OCH3 is 2. The van der Waals surface area contributed by atoms with Gasteiger partial charge >= 0.3 is 5.97 Å². The fourth-order valence-corrected chi connectivity index (χ4v) is 4.41. The topological polar surface area (TPSA) is 60.8 Å². The highest BCUT2D eigenvalue weighted by Crippen LogP contribution is 2.34. The van der Waals surface area contributed by atoms with E-state index >= 15 is 0 Å². The van der Waals surface area contributed by atoms with Crippen molar-refractivity contribution in [3.8, 4) is 11.4 Å². The van der Waals surface area contributed by atoms with Crippen LogP contribution in [0.3, 0.4) is 0 Å². The lowest BCUT2D eigenvalue weighted by Crippen LogP contribution is -2.24. The van der Waals surface area contributed by atoms with E-state index in [2.05, 4.69) is 0 Å². The molecular formula is C28H27FN2O4. The van der Waals surface area contributed by atoms with E-state index in [1.807, 2.05) is 48.7 Å². The second kappa shape index (κ2) is 9.62. The van der Waals surface area contributed by atoms with Crippen LogP contribution in [0.15, 0.2) is 71.4 Å². The summed E-state index contributed by atoms with van der Waals surface area (Å²) in [5, 5.41) is 0. The fourth-order valence-electron chi connectivity index (χ4n) is 4.41. The Labute approximate surface area is 203 Å². The van der Waals surface area contributed by atoms with Crippen LogP contribution in [0.2, 0.25) is 0 Å². The molecule has 0 spiro atoms. The quantitative estimate of drug-likeness (QED) is 0.368. The molecule has 1 aliphatic rings. The lowest BCUT2D eigenvalue weighted by molar-refractivity contribution is -0.136. The van der Waals surface area contributed by atoms with Crippen LogP contribution >= 0.6 is 0 Å². The van der Waals surface area contributed by atoms with Gasteiger partial charge in [0, 0.05) is 22.8 Å². The molecule has 0 aliphatic carbocycles. The first-order chi connectivity index (χ1) is 16.7. The summed E-state index contributed by atoms with van der Waals surface area (Å²) >= 11 is 0. The number of aryl methyl sites for hydroxylation is 1. The summed E-state index contributed by atoms with van der Waals surface area (Å²) in [6, 6.07) is 15.6. The normalized spacial score (nSPS) is 14.7. The van der Waals surface area contributed by atoms with E-state index < -0.39 is 5.97 Å². The minimum absolute atomic E-state index is 0.248. The molecule has 0 saturated heterocycles. The van der Waals surface area contributed by atoms with Gasteiger partial charge in [-0.1, -0.05) is 12.1 Å². The third-order valence-electron chi connectivity index (χ3n) is 6.26. The number of esters is 1. The van der Waals surface area contributed by atoms with Crippen LogP contribution < -0.4 is 4.74 Å². The Balaban J connectivity index is 1.75. The second-order valence-corrected chi connectivity index (χ2v) is 8.39. The van der Waals surface area contributed by atoms with Gasteiger partial charge in [0.1, 0.15) is 11.6 Å². The van der Waals surface area contributed by atoms with Crippen LogP contribution in [0.5, 0.6) is 5.75 Å². The van der Waals surface area contributed by atoms with Gasteiger partial charge in [0.05, 0.1) is 31.9 Å². The zero-order valence-corrected chi connectivity index (χ0v) is 20.4. The molecule has 35 heavy (non-hydrogen) atoms. The van der Waals surface area contributed by atoms with Crippen molar-refractivity contribution < 1.29 is 23.5 Å². The first kappa shape index (κ1) is 24.0. The van der Waals surface area contributed by atoms with Crippen molar-refractivity contribution in [2.45, 2.75) is 27.3 Å². The van der Waals surface area contributed by atoms with Crippen molar-refractivity contribution >= 4 is 18.0 Å². The molecule has 0 saturated carbocycles. The van der Waals surface area contributed by atoms with E-state index in [9.17, 15) is 14.0 Å². The summed E-state index contributed by atoms with van der Waals surface area (Å²) in [6.45, 7) is 5.91. The Bertz CT molecular complexity index is 1350. The largest absolute Gasteiger partial charge is 0.497 e. The Morgan fingerprint density at radius 2 is 1.66 bits per heavy atom. The molecule has 1 aliphatic heterocycles. The van der Waals surface area contributed by atoms with E-state index in [0.29, 0.717) is 12.2 Å². The molecule has 0 fully saturated rings. The molecule has 2 heterocycles. The molecule has 1 aromatic heterocycles. The molecule has 0 radical (unpaired) electrons. The number of amides is 1. The average Bonchev–Trinajstić information content (AvgIpc) is 3.26. The summed E-state index contributed by atoms with van der Waals surface area (Å²) in [7, 11) is 2.90. The zero-order chi connectivity index (χ0) is 25.3. The molecule has 0 N–H and O–H groups in total. The maximum absolute atomic E-state index is 13.5. The van der Waals surface area contributed by atoms with Crippen LogP contribution in [0.4, 0.5) is 4.39 Å². The summed E-state index contributed by atoms with van der Waals surface area (Å²) in [5.74, 6) is -0.423. The smallest absolute Gasteiger partial charge is 0.340 e. The molecule has 0 bridgehead atoms. The third-order valence-corrected chi connectivity index (χ3v) is 6.26. The van der Waals surface area contributed by atoms with E-state index in [0.717, 1.165) is 34.0 Å². The molecule has 1 amide bonds. The van der Waals surface area contributed by atoms with Crippen LogP contribution in [-0.4, -0.2) is 35.6 Å². The van der Waals surface area contributed by atoms with Crippen molar-refractivity contribution in [1.82, 2.24) is 9.47 Å². The number of halogens is 1. The van der Waals surface area contributed by atoms with Crippen molar-refractivity contribution in [2.75, 3.05) is 14.2 Å². The number of allylic oxidation sites excluding steroid dienone is 1. The van der Waals surface area contributed by atoms with Crippen molar-refractivity contribution in [2.24, 2.45) is 0 Å². The van der Waals surface area contributed by atoms with Gasteiger partial charge in [-0.15, -0.1) is 0 Å². The minimum Gasteiger partial charge on any atom is -0.497 e. The maximum Gasteiger partial charge on any atom is 0.340 e. The lowest BCUT2D eigenvalue weighted by Gasteiger charge is -2.18. The van der Waals surface area contributed by atoms with Crippen molar-refractivity contribution in [3.63, 3.8) is 0 Å². The molecular weight excluding hydrogens is 447 g/mol. The van der Waals surface area contributed by atoms with Gasteiger partial charge in [-0.25, -0.2) is 9.18 Å². The average molecular weight is 475 g/mol. The van der Waals surface area contributed by atoms with Crippen molar-refractivity contribution in [3.05, 3.63) is 99.8 Å². The van der Waals surface area contributed by atoms with Crippen LogP contribution in [0.25, 0.3) is 11.8 Å². The van der Waals surface area contributed by atoms with Crippen LogP contribution in [-0.2, 0) is 20.9 Å². The number of ether oxygens (including phenoxy) is 2. The predicted octanol–water partition coefficient (Wildman–Crippen LogP) is 5.11. The first-order valence-corrected chi connectivity index (χ1v) is 11.2. The summed E-state index contributed by atoms with van der Waals surface area (Å²) < 4.78 is 25.6. The maximum atomic E-state index is 13.5. The Hall–Kier alpha value is -4.13. The highest BCUT2D eigenvalue weighted by Gasteiger charge is 2.37. The SMILES string of the molecule is COC(=O)C1=C(C)N(Cc2ccc(OC)cc2)C(=O)C1=Cc1cc(C)n(-c2ccc(F)cc2)c1C. The fraction of sp³-hybridized carbons (Fsp3) is 0.214. The van der Waals surface area contributed by atoms with Gasteiger partial charge in [-0.3, -0.25) is 4.79 Å². The summed E-state index contributed by atoms with van der Waals surface area (Å²) in [6.07, 6.45) is 1.73. The molecule has 7 heteroatoms. The molecule has 0 unspecified atom stereocenters. The van der Waals surface area contributed by atoms with E-state index in [4.69, 9.17) is 9.47 Å². The number of hydrogen-bond donors (Lipinski definition) is 0. The number of aromatic nitrogens is 1. The second-order valence-electron chi connectivity index (χ2n) is 8.39.